The van der Waals surface area contributed by atoms with Gasteiger partial charge in [-0.25, -0.2) is 4.98 Å². The number of aliphatic carboxylic acids is 1. The van der Waals surface area contributed by atoms with Crippen molar-refractivity contribution in [2.45, 2.75) is 51.5 Å². The Balaban J connectivity index is 1.41. The SMILES string of the molecule is Cc1nc2c(OCC3CCCCC3)cccn2c1C(=O)N[C@H]1c2ccccc2C[C@@H]1C(=O)O. The van der Waals surface area contributed by atoms with Crippen molar-refractivity contribution in [3.63, 3.8) is 0 Å². The number of carbonyl (C=O) groups is 2. The zero-order valence-electron chi connectivity index (χ0n) is 18.8. The van der Waals surface area contributed by atoms with Crippen LogP contribution in [0.25, 0.3) is 5.65 Å². The van der Waals surface area contributed by atoms with Gasteiger partial charge in [-0.05, 0) is 55.4 Å². The van der Waals surface area contributed by atoms with Gasteiger partial charge in [0.2, 0.25) is 0 Å². The Hall–Kier alpha value is -3.35. The maximum atomic E-state index is 13.4. The highest BCUT2D eigenvalue weighted by atomic mass is 16.5. The third-order valence-corrected chi connectivity index (χ3v) is 7.04. The van der Waals surface area contributed by atoms with E-state index >= 15 is 0 Å². The number of ether oxygens (including phenoxy) is 1. The number of rotatable bonds is 6. The van der Waals surface area contributed by atoms with Gasteiger partial charge in [0.25, 0.3) is 5.91 Å². The van der Waals surface area contributed by atoms with Gasteiger partial charge in [0.05, 0.1) is 24.3 Å². The van der Waals surface area contributed by atoms with Gasteiger partial charge in [-0.2, -0.15) is 0 Å². The second-order valence-electron chi connectivity index (χ2n) is 9.23. The van der Waals surface area contributed by atoms with E-state index < -0.39 is 17.9 Å². The molecule has 172 valence electrons. The Kier molecular flexibility index (Phi) is 5.79. The third-order valence-electron chi connectivity index (χ3n) is 7.04. The van der Waals surface area contributed by atoms with Crippen LogP contribution in [0.3, 0.4) is 0 Å². The smallest absolute Gasteiger partial charge is 0.309 e. The number of hydrogen-bond donors (Lipinski definition) is 2. The normalized spacial score (nSPS) is 20.5. The summed E-state index contributed by atoms with van der Waals surface area (Å²) in [6.45, 7) is 2.45. The van der Waals surface area contributed by atoms with E-state index in [2.05, 4.69) is 10.3 Å². The number of carboxylic acid groups (broad SMARTS) is 1. The minimum absolute atomic E-state index is 0.336. The fourth-order valence-corrected chi connectivity index (χ4v) is 5.32. The largest absolute Gasteiger partial charge is 0.489 e. The highest BCUT2D eigenvalue weighted by molar-refractivity contribution is 5.95. The van der Waals surface area contributed by atoms with Crippen LogP contribution in [0.1, 0.15) is 65.5 Å². The van der Waals surface area contributed by atoms with Crippen molar-refractivity contribution in [1.29, 1.82) is 0 Å². The number of carboxylic acids is 1. The molecule has 1 fully saturated rings. The van der Waals surface area contributed by atoms with Crippen molar-refractivity contribution in [3.05, 3.63) is 65.1 Å². The fourth-order valence-electron chi connectivity index (χ4n) is 5.32. The summed E-state index contributed by atoms with van der Waals surface area (Å²) in [7, 11) is 0. The Bertz CT molecular complexity index is 1200. The molecule has 2 aliphatic rings. The Morgan fingerprint density at radius 3 is 2.73 bits per heavy atom. The summed E-state index contributed by atoms with van der Waals surface area (Å²) in [5, 5.41) is 12.7. The summed E-state index contributed by atoms with van der Waals surface area (Å²) < 4.78 is 7.89. The van der Waals surface area contributed by atoms with E-state index in [1.54, 1.807) is 17.5 Å². The zero-order valence-corrected chi connectivity index (χ0v) is 18.8. The summed E-state index contributed by atoms with van der Waals surface area (Å²) in [6, 6.07) is 10.7. The summed E-state index contributed by atoms with van der Waals surface area (Å²) in [6.07, 6.45) is 8.41. The minimum atomic E-state index is -0.912. The van der Waals surface area contributed by atoms with Crippen molar-refractivity contribution in [3.8, 4) is 5.75 Å². The maximum absolute atomic E-state index is 13.4. The maximum Gasteiger partial charge on any atom is 0.309 e. The lowest BCUT2D eigenvalue weighted by Gasteiger charge is -2.21. The average molecular weight is 448 g/mol. The Morgan fingerprint density at radius 1 is 1.15 bits per heavy atom. The zero-order chi connectivity index (χ0) is 22.9. The van der Waals surface area contributed by atoms with Crippen LogP contribution in [0.15, 0.2) is 42.6 Å². The Labute approximate surface area is 192 Å². The molecule has 3 aromatic rings. The number of nitrogens with one attached hydrogen (secondary N) is 1. The molecule has 2 atom stereocenters. The molecule has 0 aliphatic heterocycles. The van der Waals surface area contributed by atoms with Crippen molar-refractivity contribution >= 4 is 17.5 Å². The molecule has 1 aromatic carbocycles. The van der Waals surface area contributed by atoms with Crippen molar-refractivity contribution in [1.82, 2.24) is 14.7 Å². The van der Waals surface area contributed by atoms with Crippen molar-refractivity contribution < 1.29 is 19.4 Å². The monoisotopic (exact) mass is 447 g/mol. The van der Waals surface area contributed by atoms with Gasteiger partial charge >= 0.3 is 5.97 Å². The van der Waals surface area contributed by atoms with Gasteiger partial charge in [-0.15, -0.1) is 0 Å². The van der Waals surface area contributed by atoms with E-state index in [-0.39, 0.29) is 5.91 Å². The molecule has 0 saturated heterocycles. The molecule has 33 heavy (non-hydrogen) atoms. The number of amides is 1. The van der Waals surface area contributed by atoms with E-state index in [0.29, 0.717) is 41.7 Å². The van der Waals surface area contributed by atoms with Crippen LogP contribution >= 0.6 is 0 Å². The van der Waals surface area contributed by atoms with Crippen molar-refractivity contribution in [2.24, 2.45) is 11.8 Å². The van der Waals surface area contributed by atoms with Gasteiger partial charge in [-0.3, -0.25) is 14.0 Å². The highest BCUT2D eigenvalue weighted by Crippen LogP contribution is 2.36. The predicted octanol–water partition coefficient (Wildman–Crippen LogP) is 4.33. The van der Waals surface area contributed by atoms with E-state index in [1.165, 1.54) is 32.1 Å². The molecular weight excluding hydrogens is 418 g/mol. The number of carbonyl (C=O) groups excluding carboxylic acids is 1. The molecule has 0 bridgehead atoms. The number of aryl methyl sites for hydroxylation is 1. The van der Waals surface area contributed by atoms with Crippen LogP contribution in [0.4, 0.5) is 0 Å². The molecular formula is C26H29N3O4. The predicted molar refractivity (Wildman–Crippen MR) is 123 cm³/mol. The van der Waals surface area contributed by atoms with Gasteiger partial charge in [0, 0.05) is 6.20 Å². The van der Waals surface area contributed by atoms with Crippen LogP contribution in [-0.4, -0.2) is 33.0 Å². The van der Waals surface area contributed by atoms with Crippen LogP contribution in [0.5, 0.6) is 5.75 Å². The molecule has 2 heterocycles. The quantitative estimate of drug-likeness (QED) is 0.587. The summed E-state index contributed by atoms with van der Waals surface area (Å²) in [4.78, 5) is 29.9. The minimum Gasteiger partial charge on any atom is -0.489 e. The molecule has 0 spiro atoms. The van der Waals surface area contributed by atoms with Crippen molar-refractivity contribution in [2.75, 3.05) is 6.61 Å². The van der Waals surface area contributed by atoms with E-state index in [4.69, 9.17) is 4.74 Å². The molecule has 2 aromatic heterocycles. The molecule has 0 radical (unpaired) electrons. The summed E-state index contributed by atoms with van der Waals surface area (Å²) in [5.74, 6) is -0.713. The number of pyridine rings is 1. The number of benzene rings is 1. The number of hydrogen-bond acceptors (Lipinski definition) is 4. The van der Waals surface area contributed by atoms with E-state index in [1.807, 2.05) is 36.4 Å². The number of nitrogens with zero attached hydrogens (tertiary/aromatic N) is 2. The third kappa shape index (κ3) is 4.08. The Morgan fingerprint density at radius 2 is 1.94 bits per heavy atom. The molecule has 7 heteroatoms. The summed E-state index contributed by atoms with van der Waals surface area (Å²) in [5.41, 5.74) is 3.42. The molecule has 1 amide bonds. The first-order valence-corrected chi connectivity index (χ1v) is 11.7. The molecule has 5 rings (SSSR count). The number of fused-ring (bicyclic) bond motifs is 2. The molecule has 7 nitrogen and oxygen atoms in total. The van der Waals surface area contributed by atoms with E-state index in [9.17, 15) is 14.7 Å². The van der Waals surface area contributed by atoms with Crippen LogP contribution in [0.2, 0.25) is 0 Å². The van der Waals surface area contributed by atoms with Gasteiger partial charge < -0.3 is 15.2 Å². The van der Waals surface area contributed by atoms with Crippen LogP contribution in [0, 0.1) is 18.8 Å². The second kappa shape index (κ2) is 8.89. The second-order valence-corrected chi connectivity index (χ2v) is 9.23. The lowest BCUT2D eigenvalue weighted by Crippen LogP contribution is -2.35. The van der Waals surface area contributed by atoms with Gasteiger partial charge in [-0.1, -0.05) is 43.5 Å². The summed E-state index contributed by atoms with van der Waals surface area (Å²) >= 11 is 0. The average Bonchev–Trinajstić information content (AvgIpc) is 3.36. The standard InChI is InChI=1S/C26H29N3O4/c1-16-23(25(30)28-22-19-11-6-5-10-18(19)14-20(22)26(31)32)29-13-7-12-21(24(29)27-16)33-15-17-8-3-2-4-9-17/h5-7,10-13,17,20,22H,2-4,8-9,14-15H2,1H3,(H,28,30)(H,31,32)/t20-,22-/m0/s1. The fraction of sp³-hybridized carbons (Fsp3) is 0.423. The lowest BCUT2D eigenvalue weighted by atomic mass is 9.90. The lowest BCUT2D eigenvalue weighted by molar-refractivity contribution is -0.142. The molecule has 0 unspecified atom stereocenters. The molecule has 1 saturated carbocycles. The number of aromatic nitrogens is 2. The molecule has 2 N–H and O–H groups in total. The first-order chi connectivity index (χ1) is 16.0. The van der Waals surface area contributed by atoms with Crippen LogP contribution < -0.4 is 10.1 Å². The molecule has 2 aliphatic carbocycles. The van der Waals surface area contributed by atoms with Crippen LogP contribution in [-0.2, 0) is 11.2 Å². The topological polar surface area (TPSA) is 92.9 Å². The van der Waals surface area contributed by atoms with E-state index in [0.717, 1.165) is 11.1 Å². The number of imidazole rings is 1. The van der Waals surface area contributed by atoms with Gasteiger partial charge in [0.15, 0.2) is 11.4 Å². The first kappa shape index (κ1) is 21.5. The first-order valence-electron chi connectivity index (χ1n) is 11.7. The van der Waals surface area contributed by atoms with Gasteiger partial charge in [0.1, 0.15) is 5.69 Å². The highest BCUT2D eigenvalue weighted by Gasteiger charge is 2.38.